The average molecular weight is 287 g/mol. The molecule has 1 fully saturated rings. The topological polar surface area (TPSA) is 31.6 Å². The smallest absolute Gasteiger partial charge is 0.0481 e. The number of hydrogen-bond donors (Lipinski definition) is 1. The predicted octanol–water partition coefficient (Wildman–Crippen LogP) is 1.68. The largest absolute Gasteiger partial charge is 0.396 e. The van der Waals surface area contributed by atoms with E-state index in [2.05, 4.69) is 58.9 Å². The molecule has 0 saturated carbocycles. The number of rotatable bonds is 4. The van der Waals surface area contributed by atoms with E-state index in [0.717, 1.165) is 32.6 Å². The van der Waals surface area contributed by atoms with Crippen LogP contribution in [0.15, 0.2) is 30.5 Å². The van der Waals surface area contributed by atoms with E-state index in [1.54, 1.807) is 0 Å². The highest BCUT2D eigenvalue weighted by molar-refractivity contribution is 5.83. The molecule has 0 aliphatic carbocycles. The van der Waals surface area contributed by atoms with E-state index < -0.39 is 0 Å². The van der Waals surface area contributed by atoms with E-state index in [1.165, 1.54) is 16.5 Å². The second-order valence-electron chi connectivity index (χ2n) is 6.16. The first-order valence-corrected chi connectivity index (χ1v) is 7.75. The minimum Gasteiger partial charge on any atom is -0.396 e. The van der Waals surface area contributed by atoms with Gasteiger partial charge in [-0.25, -0.2) is 0 Å². The lowest BCUT2D eigenvalue weighted by atomic mass is 10.1. The summed E-state index contributed by atoms with van der Waals surface area (Å²) in [5.74, 6) is 0. The molecule has 1 saturated heterocycles. The predicted molar refractivity (Wildman–Crippen MR) is 86.3 cm³/mol. The lowest BCUT2D eigenvalue weighted by Gasteiger charge is -2.39. The zero-order chi connectivity index (χ0) is 14.8. The van der Waals surface area contributed by atoms with Gasteiger partial charge >= 0.3 is 0 Å². The number of aliphatic hydroxyl groups is 1. The molecule has 4 nitrogen and oxygen atoms in total. The van der Waals surface area contributed by atoms with Gasteiger partial charge in [0.1, 0.15) is 0 Å². The third-order valence-corrected chi connectivity index (χ3v) is 4.70. The van der Waals surface area contributed by atoms with Crippen LogP contribution in [0.4, 0.5) is 0 Å². The molecule has 0 radical (unpaired) electrons. The first kappa shape index (κ1) is 14.6. The Morgan fingerprint density at radius 3 is 2.81 bits per heavy atom. The van der Waals surface area contributed by atoms with Crippen LogP contribution >= 0.6 is 0 Å². The molecule has 1 aliphatic heterocycles. The van der Waals surface area contributed by atoms with Crippen LogP contribution in [-0.4, -0.2) is 58.8 Å². The molecule has 0 bridgehead atoms. The highest BCUT2D eigenvalue weighted by Gasteiger charge is 2.24. The van der Waals surface area contributed by atoms with Crippen LogP contribution in [0.3, 0.4) is 0 Å². The summed E-state index contributed by atoms with van der Waals surface area (Å²) < 4.78 is 2.21. The van der Waals surface area contributed by atoms with Crippen LogP contribution in [0.25, 0.3) is 10.9 Å². The van der Waals surface area contributed by atoms with Crippen molar-refractivity contribution in [2.24, 2.45) is 7.05 Å². The fraction of sp³-hybridized carbons (Fsp3) is 0.529. The first-order valence-electron chi connectivity index (χ1n) is 7.75. The number of benzene rings is 1. The molecule has 0 unspecified atom stereocenters. The zero-order valence-corrected chi connectivity index (χ0v) is 13.0. The van der Waals surface area contributed by atoms with Crippen LogP contribution in [0.2, 0.25) is 0 Å². The number of nitrogens with zero attached hydrogens (tertiary/aromatic N) is 3. The second-order valence-corrected chi connectivity index (χ2v) is 6.16. The molecule has 1 aliphatic rings. The minimum atomic E-state index is 0.275. The SMILES string of the molecule is CN1CCN(Cc2cn(C)c3ccccc23)C[C@H]1CCO. The molecule has 0 amide bonds. The lowest BCUT2D eigenvalue weighted by molar-refractivity contribution is 0.0745. The maximum Gasteiger partial charge on any atom is 0.0481 e. The molecule has 4 heteroatoms. The Morgan fingerprint density at radius 1 is 1.19 bits per heavy atom. The van der Waals surface area contributed by atoms with Gasteiger partial charge in [0, 0.05) is 63.0 Å². The number of piperazine rings is 1. The van der Waals surface area contributed by atoms with Gasteiger partial charge in [0.2, 0.25) is 0 Å². The summed E-state index contributed by atoms with van der Waals surface area (Å²) >= 11 is 0. The number of para-hydroxylation sites is 1. The van der Waals surface area contributed by atoms with E-state index in [-0.39, 0.29) is 6.61 Å². The molecule has 1 N–H and O–H groups in total. The number of likely N-dealkylation sites (N-methyl/N-ethyl adjacent to an activating group) is 1. The average Bonchev–Trinajstić information content (AvgIpc) is 2.80. The Morgan fingerprint density at radius 2 is 2.00 bits per heavy atom. The number of aliphatic hydroxyl groups excluding tert-OH is 1. The van der Waals surface area contributed by atoms with Crippen molar-refractivity contribution < 1.29 is 5.11 Å². The Kier molecular flexibility index (Phi) is 4.29. The molecule has 1 aromatic carbocycles. The van der Waals surface area contributed by atoms with Crippen molar-refractivity contribution in [1.29, 1.82) is 0 Å². The van der Waals surface area contributed by atoms with Gasteiger partial charge in [-0.2, -0.15) is 0 Å². The normalized spacial score (nSPS) is 21.2. The summed E-state index contributed by atoms with van der Waals surface area (Å²) in [6.07, 6.45) is 3.12. The summed E-state index contributed by atoms with van der Waals surface area (Å²) in [6.45, 7) is 4.49. The zero-order valence-electron chi connectivity index (χ0n) is 13.0. The van der Waals surface area contributed by atoms with E-state index in [4.69, 9.17) is 0 Å². The van der Waals surface area contributed by atoms with Crippen LogP contribution < -0.4 is 0 Å². The summed E-state index contributed by atoms with van der Waals surface area (Å²) in [5, 5.41) is 10.6. The van der Waals surface area contributed by atoms with Gasteiger partial charge in [-0.05, 0) is 25.1 Å². The van der Waals surface area contributed by atoms with Gasteiger partial charge in [0.05, 0.1) is 0 Å². The van der Waals surface area contributed by atoms with Crippen molar-refractivity contribution in [3.05, 3.63) is 36.0 Å². The maximum atomic E-state index is 9.21. The molecule has 21 heavy (non-hydrogen) atoms. The monoisotopic (exact) mass is 287 g/mol. The minimum absolute atomic E-state index is 0.275. The molecule has 2 heterocycles. The second kappa shape index (κ2) is 6.18. The summed E-state index contributed by atoms with van der Waals surface area (Å²) in [4.78, 5) is 4.89. The van der Waals surface area contributed by atoms with Crippen LogP contribution in [-0.2, 0) is 13.6 Å². The third kappa shape index (κ3) is 2.98. The summed E-state index contributed by atoms with van der Waals surface area (Å²) in [5.41, 5.74) is 2.70. The highest BCUT2D eigenvalue weighted by Crippen LogP contribution is 2.23. The highest BCUT2D eigenvalue weighted by atomic mass is 16.3. The molecule has 2 aromatic rings. The van der Waals surface area contributed by atoms with Crippen LogP contribution in [0.5, 0.6) is 0 Å². The lowest BCUT2D eigenvalue weighted by Crippen LogP contribution is -2.51. The van der Waals surface area contributed by atoms with E-state index in [0.29, 0.717) is 6.04 Å². The molecular formula is C17H25N3O. The summed E-state index contributed by atoms with van der Waals surface area (Å²) in [7, 11) is 4.28. The molecule has 1 atom stereocenters. The third-order valence-electron chi connectivity index (χ3n) is 4.70. The molecule has 3 rings (SSSR count). The van der Waals surface area contributed by atoms with Crippen molar-refractivity contribution in [2.45, 2.75) is 19.0 Å². The quantitative estimate of drug-likeness (QED) is 0.928. The number of aromatic nitrogens is 1. The molecule has 0 spiro atoms. The maximum absolute atomic E-state index is 9.21. The van der Waals surface area contributed by atoms with E-state index in [1.807, 2.05) is 0 Å². The van der Waals surface area contributed by atoms with Crippen molar-refractivity contribution >= 4 is 10.9 Å². The molecular weight excluding hydrogens is 262 g/mol. The standard InChI is InChI=1S/C17H25N3O/c1-18-8-9-20(13-15(18)7-10-21)12-14-11-19(2)17-6-4-3-5-16(14)17/h3-6,11,15,21H,7-10,12-13H2,1-2H3/t15-/m1/s1. The molecule has 114 valence electrons. The Balaban J connectivity index is 1.76. The van der Waals surface area contributed by atoms with E-state index in [9.17, 15) is 5.11 Å². The van der Waals surface area contributed by atoms with Gasteiger partial charge in [0.15, 0.2) is 0 Å². The van der Waals surface area contributed by atoms with Crippen LogP contribution in [0, 0.1) is 0 Å². The van der Waals surface area contributed by atoms with Crippen LogP contribution in [0.1, 0.15) is 12.0 Å². The Bertz CT molecular complexity index is 607. The van der Waals surface area contributed by atoms with Gasteiger partial charge in [-0.3, -0.25) is 4.90 Å². The van der Waals surface area contributed by atoms with Crippen molar-refractivity contribution in [2.75, 3.05) is 33.3 Å². The number of aryl methyl sites for hydroxylation is 1. The van der Waals surface area contributed by atoms with Crippen molar-refractivity contribution in [3.63, 3.8) is 0 Å². The summed E-state index contributed by atoms with van der Waals surface area (Å²) in [6, 6.07) is 9.08. The number of fused-ring (bicyclic) bond motifs is 1. The van der Waals surface area contributed by atoms with Gasteiger partial charge < -0.3 is 14.6 Å². The molecule has 1 aromatic heterocycles. The number of hydrogen-bond acceptors (Lipinski definition) is 3. The fourth-order valence-electron chi connectivity index (χ4n) is 3.41. The Labute approximate surface area is 126 Å². The van der Waals surface area contributed by atoms with Crippen molar-refractivity contribution in [1.82, 2.24) is 14.4 Å². The fourth-order valence-corrected chi connectivity index (χ4v) is 3.41. The van der Waals surface area contributed by atoms with Gasteiger partial charge in [0.25, 0.3) is 0 Å². The Hall–Kier alpha value is -1.36. The van der Waals surface area contributed by atoms with E-state index >= 15 is 0 Å². The van der Waals surface area contributed by atoms with Crippen molar-refractivity contribution in [3.8, 4) is 0 Å². The van der Waals surface area contributed by atoms with Gasteiger partial charge in [-0.15, -0.1) is 0 Å². The first-order chi connectivity index (χ1) is 10.2. The van der Waals surface area contributed by atoms with Gasteiger partial charge in [-0.1, -0.05) is 18.2 Å².